The van der Waals surface area contributed by atoms with Crippen LogP contribution in [0.4, 0.5) is 10.1 Å². The minimum Gasteiger partial charge on any atom is -0.497 e. The van der Waals surface area contributed by atoms with E-state index in [0.29, 0.717) is 24.5 Å². The maximum absolute atomic E-state index is 14.5. The number of hydrogen-bond donors (Lipinski definition) is 1. The number of aryl methyl sites for hydroxylation is 1. The first-order chi connectivity index (χ1) is 18.3. The molecule has 0 unspecified atom stereocenters. The number of nitrogens with zero attached hydrogens (tertiary/aromatic N) is 1. The van der Waals surface area contributed by atoms with Gasteiger partial charge >= 0.3 is 5.97 Å². The Balaban J connectivity index is 1.49. The molecule has 1 aliphatic heterocycles. The first-order valence-electron chi connectivity index (χ1n) is 13.4. The molecule has 3 aromatic carbocycles. The number of benzene rings is 3. The van der Waals surface area contributed by atoms with E-state index in [1.54, 1.807) is 19.2 Å². The number of carboxylic acids is 1. The third kappa shape index (κ3) is 6.36. The molecule has 5 nitrogen and oxygen atoms in total. The van der Waals surface area contributed by atoms with E-state index in [9.17, 15) is 14.3 Å². The highest BCUT2D eigenvalue weighted by molar-refractivity contribution is 5.69. The third-order valence-electron chi connectivity index (χ3n) is 7.67. The van der Waals surface area contributed by atoms with Gasteiger partial charge in [-0.05, 0) is 72.4 Å². The smallest absolute Gasteiger partial charge is 0.305 e. The van der Waals surface area contributed by atoms with Crippen molar-refractivity contribution in [1.29, 1.82) is 0 Å². The second-order valence-electron chi connectivity index (χ2n) is 10.3. The third-order valence-corrected chi connectivity index (χ3v) is 7.67. The van der Waals surface area contributed by atoms with Crippen molar-refractivity contribution in [3.8, 4) is 16.9 Å². The Morgan fingerprint density at radius 3 is 2.53 bits per heavy atom. The fourth-order valence-electron chi connectivity index (χ4n) is 5.32. The first kappa shape index (κ1) is 27.6. The number of anilines is 1. The zero-order chi connectivity index (χ0) is 27.2. The molecule has 6 heteroatoms. The monoisotopic (exact) mass is 519 g/mol. The minimum atomic E-state index is -0.787. The lowest BCUT2D eigenvalue weighted by atomic mass is 9.95. The van der Waals surface area contributed by atoms with E-state index in [2.05, 4.69) is 49.1 Å². The van der Waals surface area contributed by atoms with Gasteiger partial charge in [0.1, 0.15) is 11.6 Å². The van der Waals surface area contributed by atoms with Gasteiger partial charge in [0.15, 0.2) is 0 Å². The number of carboxylic acid groups (broad SMARTS) is 1. The van der Waals surface area contributed by atoms with Crippen LogP contribution in [0.15, 0.2) is 60.7 Å². The molecule has 1 aliphatic rings. The second kappa shape index (κ2) is 12.4. The molecular weight excluding hydrogens is 481 g/mol. The standard InChI is InChI=1S/C32H38FNO4/c1-5-6-15-38-31-20-34(30(22(31)3)19-32(35)36)26-11-7-23(8-12-26)17-24-9-10-25(16-21(24)2)28-18-27(37-4)13-14-29(28)33/h7-14,16,18,22,30-31H,5-6,15,17,19-20H2,1-4H3,(H,35,36)/t22-,30-,31-/m0/s1. The van der Waals surface area contributed by atoms with Crippen LogP contribution in [0.3, 0.4) is 0 Å². The van der Waals surface area contributed by atoms with Crippen LogP contribution in [0.5, 0.6) is 5.75 Å². The fourth-order valence-corrected chi connectivity index (χ4v) is 5.32. The van der Waals surface area contributed by atoms with Gasteiger partial charge in [-0.2, -0.15) is 0 Å². The van der Waals surface area contributed by atoms with Gasteiger partial charge in [0, 0.05) is 36.4 Å². The summed E-state index contributed by atoms with van der Waals surface area (Å²) in [7, 11) is 1.58. The Hall–Kier alpha value is -3.38. The zero-order valence-corrected chi connectivity index (χ0v) is 22.7. The van der Waals surface area contributed by atoms with E-state index in [4.69, 9.17) is 9.47 Å². The molecule has 1 N–H and O–H groups in total. The molecule has 0 bridgehead atoms. The van der Waals surface area contributed by atoms with Crippen molar-refractivity contribution >= 4 is 11.7 Å². The van der Waals surface area contributed by atoms with Gasteiger partial charge in [0.05, 0.1) is 19.6 Å². The van der Waals surface area contributed by atoms with Crippen molar-refractivity contribution < 1.29 is 23.8 Å². The maximum atomic E-state index is 14.5. The molecule has 1 saturated heterocycles. The van der Waals surface area contributed by atoms with E-state index in [0.717, 1.165) is 41.6 Å². The van der Waals surface area contributed by atoms with Crippen molar-refractivity contribution in [3.63, 3.8) is 0 Å². The molecule has 0 saturated carbocycles. The Morgan fingerprint density at radius 1 is 1.11 bits per heavy atom. The Kier molecular flexibility index (Phi) is 9.05. The average Bonchev–Trinajstić information content (AvgIpc) is 3.20. The number of unbranched alkanes of at least 4 members (excludes halogenated alkanes) is 1. The van der Waals surface area contributed by atoms with Crippen LogP contribution in [-0.4, -0.2) is 43.5 Å². The Morgan fingerprint density at radius 2 is 1.87 bits per heavy atom. The van der Waals surface area contributed by atoms with Gasteiger partial charge < -0.3 is 19.5 Å². The molecule has 4 rings (SSSR count). The van der Waals surface area contributed by atoms with Crippen molar-refractivity contribution in [2.75, 3.05) is 25.2 Å². The topological polar surface area (TPSA) is 59.0 Å². The van der Waals surface area contributed by atoms with Crippen LogP contribution in [0.1, 0.15) is 49.8 Å². The predicted octanol–water partition coefficient (Wildman–Crippen LogP) is 6.89. The average molecular weight is 520 g/mol. The van der Waals surface area contributed by atoms with E-state index >= 15 is 0 Å². The van der Waals surface area contributed by atoms with Crippen LogP contribution in [0.25, 0.3) is 11.1 Å². The minimum absolute atomic E-state index is 0.0289. The van der Waals surface area contributed by atoms with E-state index in [1.165, 1.54) is 11.6 Å². The molecule has 1 heterocycles. The lowest BCUT2D eigenvalue weighted by Crippen LogP contribution is -2.34. The molecule has 0 amide bonds. The van der Waals surface area contributed by atoms with E-state index in [1.807, 2.05) is 19.1 Å². The van der Waals surface area contributed by atoms with Crippen LogP contribution in [-0.2, 0) is 16.0 Å². The van der Waals surface area contributed by atoms with Crippen molar-refractivity contribution in [3.05, 3.63) is 83.2 Å². The Bertz CT molecular complexity index is 1240. The number of carbonyl (C=O) groups is 1. The summed E-state index contributed by atoms with van der Waals surface area (Å²) in [6.45, 7) is 7.69. The number of methoxy groups -OCH3 is 1. The number of aliphatic carboxylic acids is 1. The van der Waals surface area contributed by atoms with Crippen molar-refractivity contribution in [2.45, 2.75) is 58.6 Å². The summed E-state index contributed by atoms with van der Waals surface area (Å²) >= 11 is 0. The molecule has 38 heavy (non-hydrogen) atoms. The highest BCUT2D eigenvalue weighted by atomic mass is 19.1. The molecule has 0 aliphatic carbocycles. The van der Waals surface area contributed by atoms with Gasteiger partial charge in [-0.25, -0.2) is 4.39 Å². The number of hydrogen-bond acceptors (Lipinski definition) is 4. The molecule has 202 valence electrons. The molecule has 3 atom stereocenters. The highest BCUT2D eigenvalue weighted by Crippen LogP contribution is 2.34. The quantitative estimate of drug-likeness (QED) is 0.280. The second-order valence-corrected chi connectivity index (χ2v) is 10.3. The maximum Gasteiger partial charge on any atom is 0.305 e. The van der Waals surface area contributed by atoms with Gasteiger partial charge in [-0.1, -0.05) is 50.6 Å². The van der Waals surface area contributed by atoms with Crippen LogP contribution in [0.2, 0.25) is 0 Å². The molecular formula is C32H38FNO4. The van der Waals surface area contributed by atoms with Crippen LogP contribution in [0, 0.1) is 18.7 Å². The lowest BCUT2D eigenvalue weighted by molar-refractivity contribution is -0.137. The predicted molar refractivity (Wildman–Crippen MR) is 150 cm³/mol. The first-order valence-corrected chi connectivity index (χ1v) is 13.4. The molecule has 1 fully saturated rings. The van der Waals surface area contributed by atoms with Gasteiger partial charge in [0.2, 0.25) is 0 Å². The van der Waals surface area contributed by atoms with E-state index < -0.39 is 5.97 Å². The largest absolute Gasteiger partial charge is 0.497 e. The highest BCUT2D eigenvalue weighted by Gasteiger charge is 2.40. The van der Waals surface area contributed by atoms with E-state index in [-0.39, 0.29) is 30.3 Å². The summed E-state index contributed by atoms with van der Waals surface area (Å²) in [5.74, 6) is -0.298. The summed E-state index contributed by atoms with van der Waals surface area (Å²) in [6.07, 6.45) is 2.96. The van der Waals surface area contributed by atoms with Gasteiger partial charge in [-0.15, -0.1) is 0 Å². The normalized spacial score (nSPS) is 19.1. The van der Waals surface area contributed by atoms with Crippen LogP contribution < -0.4 is 9.64 Å². The zero-order valence-electron chi connectivity index (χ0n) is 22.7. The van der Waals surface area contributed by atoms with Gasteiger partial charge in [-0.3, -0.25) is 4.79 Å². The SMILES string of the molecule is CCCCO[C@H]1CN(c2ccc(Cc3ccc(-c4cc(OC)ccc4F)cc3C)cc2)[C@@H](CC(=O)O)[C@@H]1C. The Labute approximate surface area is 225 Å². The number of rotatable bonds is 11. The summed E-state index contributed by atoms with van der Waals surface area (Å²) in [5, 5.41) is 9.53. The van der Waals surface area contributed by atoms with Crippen molar-refractivity contribution in [1.82, 2.24) is 0 Å². The molecule has 3 aromatic rings. The molecule has 0 radical (unpaired) electrons. The fraction of sp³-hybridized carbons (Fsp3) is 0.406. The lowest BCUT2D eigenvalue weighted by Gasteiger charge is -2.27. The molecule has 0 aromatic heterocycles. The summed E-state index contributed by atoms with van der Waals surface area (Å²) in [4.78, 5) is 13.8. The number of ether oxygens (including phenoxy) is 2. The number of halogens is 1. The summed E-state index contributed by atoms with van der Waals surface area (Å²) in [5.41, 5.74) is 5.80. The molecule has 0 spiro atoms. The summed E-state index contributed by atoms with van der Waals surface area (Å²) in [6, 6.07) is 19.1. The van der Waals surface area contributed by atoms with Crippen LogP contribution >= 0.6 is 0 Å². The van der Waals surface area contributed by atoms with Gasteiger partial charge in [0.25, 0.3) is 0 Å². The van der Waals surface area contributed by atoms with Crippen molar-refractivity contribution in [2.24, 2.45) is 5.92 Å². The summed E-state index contributed by atoms with van der Waals surface area (Å²) < 4.78 is 25.9.